The van der Waals surface area contributed by atoms with Crippen LogP contribution in [0.5, 0.6) is 0 Å². The van der Waals surface area contributed by atoms with E-state index in [0.717, 1.165) is 43.5 Å². The van der Waals surface area contributed by atoms with Crippen LogP contribution in [0.4, 0.5) is 14.5 Å². The number of nitrogens with zero attached hydrogens (tertiary/aromatic N) is 3. The second-order valence-electron chi connectivity index (χ2n) is 7.81. The Hall–Kier alpha value is -3.45. The summed E-state index contributed by atoms with van der Waals surface area (Å²) in [7, 11) is 2.14. The van der Waals surface area contributed by atoms with Crippen molar-refractivity contribution in [3.05, 3.63) is 72.6 Å². The van der Waals surface area contributed by atoms with Gasteiger partial charge in [0.05, 0.1) is 11.8 Å². The normalized spacial score (nSPS) is 14.9. The van der Waals surface area contributed by atoms with Gasteiger partial charge in [-0.2, -0.15) is 0 Å². The Kier molecular flexibility index (Phi) is 5.03. The molecule has 1 N–H and O–H groups in total. The van der Waals surface area contributed by atoms with Gasteiger partial charge in [0.15, 0.2) is 17.4 Å². The molecule has 0 spiro atoms. The van der Waals surface area contributed by atoms with Crippen LogP contribution in [0.15, 0.2) is 65.4 Å². The molecule has 2 aromatic heterocycles. The van der Waals surface area contributed by atoms with Gasteiger partial charge in [-0.05, 0) is 36.9 Å². The molecular weight excluding hydrogens is 398 g/mol. The predicted molar refractivity (Wildman–Crippen MR) is 117 cm³/mol. The van der Waals surface area contributed by atoms with Crippen LogP contribution < -0.4 is 4.90 Å². The van der Waals surface area contributed by atoms with E-state index in [1.807, 2.05) is 6.07 Å². The summed E-state index contributed by atoms with van der Waals surface area (Å²) in [4.78, 5) is 7.96. The van der Waals surface area contributed by atoms with Gasteiger partial charge in [0.1, 0.15) is 0 Å². The third-order valence-electron chi connectivity index (χ3n) is 5.80. The Balaban J connectivity index is 1.40. The van der Waals surface area contributed by atoms with E-state index in [4.69, 9.17) is 4.52 Å². The number of piperazine rings is 1. The summed E-state index contributed by atoms with van der Waals surface area (Å²) < 4.78 is 33.4. The van der Waals surface area contributed by atoms with E-state index in [9.17, 15) is 8.78 Å². The van der Waals surface area contributed by atoms with Crippen molar-refractivity contribution < 1.29 is 13.3 Å². The summed E-state index contributed by atoms with van der Waals surface area (Å²) >= 11 is 0. The quantitative estimate of drug-likeness (QED) is 0.503. The van der Waals surface area contributed by atoms with Gasteiger partial charge in [-0.1, -0.05) is 29.4 Å². The summed E-state index contributed by atoms with van der Waals surface area (Å²) in [6.45, 7) is 4.17. The van der Waals surface area contributed by atoms with Gasteiger partial charge in [0.2, 0.25) is 0 Å². The van der Waals surface area contributed by atoms with E-state index >= 15 is 0 Å². The number of aromatic amines is 1. The number of H-pyrrole nitrogens is 1. The molecule has 0 bridgehead atoms. The van der Waals surface area contributed by atoms with Gasteiger partial charge in [-0.15, -0.1) is 0 Å². The van der Waals surface area contributed by atoms with Gasteiger partial charge >= 0.3 is 0 Å². The number of nitrogens with one attached hydrogen (secondary N) is 1. The average Bonchev–Trinajstić information content (AvgIpc) is 3.46. The van der Waals surface area contributed by atoms with Crippen LogP contribution in [0, 0.1) is 11.6 Å². The van der Waals surface area contributed by atoms with Gasteiger partial charge in [-0.25, -0.2) is 8.78 Å². The van der Waals surface area contributed by atoms with Crippen molar-refractivity contribution in [2.45, 2.75) is 0 Å². The lowest BCUT2D eigenvalue weighted by Gasteiger charge is -2.34. The molecule has 0 unspecified atom stereocenters. The zero-order valence-corrected chi connectivity index (χ0v) is 17.1. The first-order valence-electron chi connectivity index (χ1n) is 10.2. The zero-order chi connectivity index (χ0) is 21.4. The van der Waals surface area contributed by atoms with Crippen molar-refractivity contribution in [3.63, 3.8) is 0 Å². The molecule has 5 rings (SSSR count). The highest BCUT2D eigenvalue weighted by molar-refractivity contribution is 5.81. The highest BCUT2D eigenvalue weighted by Crippen LogP contribution is 2.36. The van der Waals surface area contributed by atoms with Crippen LogP contribution >= 0.6 is 0 Å². The number of aromatic nitrogens is 2. The Morgan fingerprint density at radius 3 is 2.48 bits per heavy atom. The number of hydrogen-bond acceptors (Lipinski definition) is 4. The monoisotopic (exact) mass is 420 g/mol. The van der Waals surface area contributed by atoms with Crippen LogP contribution in [0.1, 0.15) is 0 Å². The molecule has 2 aromatic carbocycles. The Morgan fingerprint density at radius 2 is 1.71 bits per heavy atom. The average molecular weight is 420 g/mol. The number of likely N-dealkylation sites (N-methyl/N-ethyl adjacent to an activating group) is 1. The topological polar surface area (TPSA) is 48.3 Å². The molecule has 31 heavy (non-hydrogen) atoms. The maximum Gasteiger partial charge on any atom is 0.176 e. The fraction of sp³-hybridized carbons (Fsp3) is 0.208. The molecule has 1 fully saturated rings. The number of rotatable bonds is 4. The van der Waals surface area contributed by atoms with E-state index in [1.165, 1.54) is 24.0 Å². The van der Waals surface area contributed by atoms with Crippen LogP contribution in [0.3, 0.4) is 0 Å². The fourth-order valence-corrected chi connectivity index (χ4v) is 3.96. The van der Waals surface area contributed by atoms with Gasteiger partial charge < -0.3 is 19.3 Å². The molecule has 0 atom stereocenters. The first kappa shape index (κ1) is 19.5. The number of anilines is 1. The minimum atomic E-state index is -0.915. The molecule has 1 aliphatic rings. The Labute approximate surface area is 178 Å². The van der Waals surface area contributed by atoms with Gasteiger partial charge in [0, 0.05) is 54.9 Å². The number of hydrogen-bond donors (Lipinski definition) is 1. The molecule has 7 heteroatoms. The first-order valence-corrected chi connectivity index (χ1v) is 10.2. The Morgan fingerprint density at radius 1 is 0.935 bits per heavy atom. The van der Waals surface area contributed by atoms with E-state index in [-0.39, 0.29) is 5.56 Å². The zero-order valence-electron chi connectivity index (χ0n) is 17.1. The van der Waals surface area contributed by atoms with Crippen molar-refractivity contribution in [1.82, 2.24) is 15.0 Å². The molecule has 4 aromatic rings. The smallest absolute Gasteiger partial charge is 0.176 e. The molecule has 3 heterocycles. The number of benzene rings is 2. The summed E-state index contributed by atoms with van der Waals surface area (Å²) in [5.41, 5.74) is 4.39. The van der Waals surface area contributed by atoms with Crippen LogP contribution in [-0.4, -0.2) is 48.3 Å². The highest BCUT2D eigenvalue weighted by Gasteiger charge is 2.19. The molecule has 1 saturated heterocycles. The van der Waals surface area contributed by atoms with E-state index in [0.29, 0.717) is 16.9 Å². The second kappa shape index (κ2) is 8.00. The Bertz CT molecular complexity index is 1190. The first-order chi connectivity index (χ1) is 15.1. The van der Waals surface area contributed by atoms with Gasteiger partial charge in [-0.3, -0.25) is 0 Å². The lowest BCUT2D eigenvalue weighted by molar-refractivity contribution is 0.313. The summed E-state index contributed by atoms with van der Waals surface area (Å²) in [6.07, 6.45) is 3.19. The largest absolute Gasteiger partial charge is 0.369 e. The number of halogens is 2. The van der Waals surface area contributed by atoms with E-state index in [1.54, 1.807) is 6.20 Å². The summed E-state index contributed by atoms with van der Waals surface area (Å²) in [5.74, 6) is -1.43. The van der Waals surface area contributed by atoms with Gasteiger partial charge in [0.25, 0.3) is 0 Å². The lowest BCUT2D eigenvalue weighted by Crippen LogP contribution is -2.44. The predicted octanol–water partition coefficient (Wildman–Crippen LogP) is 5.03. The van der Waals surface area contributed by atoms with Crippen molar-refractivity contribution in [1.29, 1.82) is 0 Å². The summed E-state index contributed by atoms with van der Waals surface area (Å²) in [5, 5.41) is 3.81. The molecule has 5 nitrogen and oxygen atoms in total. The molecule has 0 saturated carbocycles. The molecule has 158 valence electrons. The van der Waals surface area contributed by atoms with Crippen molar-refractivity contribution in [2.75, 3.05) is 38.1 Å². The van der Waals surface area contributed by atoms with Crippen molar-refractivity contribution in [3.8, 4) is 33.7 Å². The standard InChI is InChI=1S/C24H22F2N4O/c1-29-9-11-30(12-10-29)18-7-5-16(6-8-18)22-13-17(14-27-22)24-20(15-28-31-24)19-3-2-4-21(25)23(19)26/h2-8,13-15,27H,9-12H2,1H3. The van der Waals surface area contributed by atoms with Crippen molar-refractivity contribution in [2.24, 2.45) is 0 Å². The molecule has 0 radical (unpaired) electrons. The third-order valence-corrected chi connectivity index (χ3v) is 5.80. The maximum atomic E-state index is 14.3. The molecular formula is C24H22F2N4O. The molecule has 0 aliphatic carbocycles. The van der Waals surface area contributed by atoms with Crippen LogP contribution in [0.25, 0.3) is 33.7 Å². The second-order valence-corrected chi connectivity index (χ2v) is 7.81. The minimum Gasteiger partial charge on any atom is -0.369 e. The minimum absolute atomic E-state index is 0.121. The van der Waals surface area contributed by atoms with Crippen LogP contribution in [0.2, 0.25) is 0 Å². The van der Waals surface area contributed by atoms with E-state index < -0.39 is 11.6 Å². The molecule has 1 aliphatic heterocycles. The third kappa shape index (κ3) is 3.72. The van der Waals surface area contributed by atoms with Crippen LogP contribution in [-0.2, 0) is 0 Å². The highest BCUT2D eigenvalue weighted by atomic mass is 19.2. The fourth-order valence-electron chi connectivity index (χ4n) is 3.96. The maximum absolute atomic E-state index is 14.3. The van der Waals surface area contributed by atoms with Crippen molar-refractivity contribution >= 4 is 5.69 Å². The summed E-state index contributed by atoms with van der Waals surface area (Å²) in [6, 6.07) is 14.4. The lowest BCUT2D eigenvalue weighted by atomic mass is 10.0. The SMILES string of the molecule is CN1CCN(c2ccc(-c3cc(-c4oncc4-c4cccc(F)c4F)c[nH]3)cc2)CC1. The van der Waals surface area contributed by atoms with E-state index in [2.05, 4.69) is 51.3 Å². The molecule has 0 amide bonds.